The van der Waals surface area contributed by atoms with E-state index in [2.05, 4.69) is 16.4 Å². The Bertz CT molecular complexity index is 1730. The number of nitrogens with zero attached hydrogens (tertiary/aromatic N) is 2. The third-order valence-electron chi connectivity index (χ3n) is 11.4. The predicted octanol–water partition coefficient (Wildman–Crippen LogP) is 4.20. The zero-order valence-corrected chi connectivity index (χ0v) is 33.2. The number of aliphatic hydroxyl groups is 4. The van der Waals surface area contributed by atoms with E-state index < -0.39 is 85.4 Å². The monoisotopic (exact) mass is 793 g/mol. The van der Waals surface area contributed by atoms with Gasteiger partial charge < -0.3 is 30.8 Å². The molecule has 1 aromatic carbocycles. The molecular formula is C39H59N3O12S. The normalized spacial score (nSPS) is 26.7. The average Bonchev–Trinajstić information content (AvgIpc) is 3.64. The van der Waals surface area contributed by atoms with Gasteiger partial charge in [0.1, 0.15) is 22.8 Å². The molecule has 0 saturated carbocycles. The van der Waals surface area contributed by atoms with Crippen LogP contribution in [0, 0.1) is 11.8 Å². The lowest BCUT2D eigenvalue weighted by Gasteiger charge is -2.52. The molecule has 0 bridgehead atoms. The van der Waals surface area contributed by atoms with Crippen molar-refractivity contribution >= 4 is 27.9 Å². The molecule has 5 atom stereocenters. The average molecular weight is 794 g/mol. The van der Waals surface area contributed by atoms with Crippen molar-refractivity contribution in [2.75, 3.05) is 40.5 Å². The number of aromatic hydroxyl groups is 1. The fourth-order valence-electron chi connectivity index (χ4n) is 8.46. The highest BCUT2D eigenvalue weighted by Crippen LogP contribution is 2.56. The molecule has 1 heterocycles. The minimum Gasteiger partial charge on any atom is -0.510 e. The summed E-state index contributed by atoms with van der Waals surface area (Å²) in [6, 6.07) is 3.16. The molecule has 5 rings (SSSR count). The van der Waals surface area contributed by atoms with E-state index in [1.807, 2.05) is 4.90 Å². The van der Waals surface area contributed by atoms with Crippen LogP contribution < -0.4 is 5.32 Å². The summed E-state index contributed by atoms with van der Waals surface area (Å²) in [6.45, 7) is 5.43. The van der Waals surface area contributed by atoms with Gasteiger partial charge in [0.05, 0.1) is 30.5 Å². The Morgan fingerprint density at radius 3 is 2.11 bits per heavy atom. The number of nitrogens with one attached hydrogen (secondary N) is 1. The largest absolute Gasteiger partial charge is 0.510 e. The summed E-state index contributed by atoms with van der Waals surface area (Å²) in [5.74, 6) is -7.17. The summed E-state index contributed by atoms with van der Waals surface area (Å²) >= 11 is 0. The lowest BCUT2D eigenvalue weighted by Crippen LogP contribution is -2.65. The van der Waals surface area contributed by atoms with Crippen molar-refractivity contribution in [3.63, 3.8) is 0 Å². The first-order valence-electron chi connectivity index (χ1n) is 19.4. The van der Waals surface area contributed by atoms with Gasteiger partial charge in [-0.2, -0.15) is 8.42 Å². The minimum absolute atomic E-state index is 0.0926. The summed E-state index contributed by atoms with van der Waals surface area (Å²) in [4.78, 5) is 44.0. The summed E-state index contributed by atoms with van der Waals surface area (Å²) < 4.78 is 33.0. The van der Waals surface area contributed by atoms with Gasteiger partial charge in [-0.05, 0) is 71.4 Å². The number of phenolic OH excluding ortho intramolecular Hbond substituents is 1. The zero-order valence-electron chi connectivity index (χ0n) is 32.4. The Morgan fingerprint density at radius 2 is 1.55 bits per heavy atom. The van der Waals surface area contributed by atoms with Crippen molar-refractivity contribution in [2.45, 2.75) is 115 Å². The molecule has 1 amide bonds. The molecule has 16 heteroatoms. The van der Waals surface area contributed by atoms with Crippen LogP contribution >= 0.6 is 0 Å². The number of ketones is 2. The second kappa shape index (κ2) is 18.7. The summed E-state index contributed by atoms with van der Waals surface area (Å²) in [5.41, 5.74) is -5.65. The van der Waals surface area contributed by atoms with Gasteiger partial charge >= 0.3 is 10.4 Å². The van der Waals surface area contributed by atoms with Gasteiger partial charge in [-0.25, -0.2) is 4.18 Å². The van der Waals surface area contributed by atoms with Crippen molar-refractivity contribution in [1.82, 2.24) is 15.1 Å². The SMILES string of the molecule is CCCCCCCCCCCCOS(=O)(=O)O.CN(C)[C@@H]1C(O)=C(C(=O)NCN2CCCC2)C(=O)[C@@]2(O)C(O)=C3C(=O)c4c(O)cccc4[C@@](C)(O)[C@H]3C[C@@H]12. The number of Topliss-reactive ketones (excluding diaryl/α,β-unsaturated/α-hetero) is 2. The fourth-order valence-corrected chi connectivity index (χ4v) is 8.78. The van der Waals surface area contributed by atoms with E-state index in [1.54, 1.807) is 14.1 Å². The van der Waals surface area contributed by atoms with Crippen LogP contribution in [-0.2, 0) is 29.8 Å². The highest BCUT2D eigenvalue weighted by molar-refractivity contribution is 7.80. The number of hydrogen-bond donors (Lipinski definition) is 7. The molecule has 3 aliphatic carbocycles. The van der Waals surface area contributed by atoms with Crippen LogP contribution in [0.15, 0.2) is 40.9 Å². The summed E-state index contributed by atoms with van der Waals surface area (Å²) in [5, 5.41) is 59.2. The third kappa shape index (κ3) is 9.78. The molecule has 1 saturated heterocycles. The molecule has 0 spiro atoms. The second-order valence-electron chi connectivity index (χ2n) is 15.5. The Hall–Kier alpha value is -3.38. The Kier molecular flexibility index (Phi) is 15.1. The number of likely N-dealkylation sites (N-methyl/N-ethyl adjacent to an activating group) is 1. The lowest BCUT2D eigenvalue weighted by molar-refractivity contribution is -0.152. The first-order chi connectivity index (χ1) is 25.9. The van der Waals surface area contributed by atoms with Gasteiger partial charge in [0, 0.05) is 17.4 Å². The maximum atomic E-state index is 13.8. The zero-order chi connectivity index (χ0) is 40.7. The molecule has 55 heavy (non-hydrogen) atoms. The highest BCUT2D eigenvalue weighted by Gasteiger charge is 2.65. The number of carbonyl (C=O) groups excluding carboxylic acids is 3. The van der Waals surface area contributed by atoms with E-state index in [4.69, 9.17) is 4.55 Å². The minimum atomic E-state index is -4.23. The molecule has 15 nitrogen and oxygen atoms in total. The number of carbonyl (C=O) groups is 3. The first kappa shape index (κ1) is 44.3. The molecule has 0 aromatic heterocycles. The van der Waals surface area contributed by atoms with Crippen LogP contribution in [0.25, 0.3) is 0 Å². The maximum absolute atomic E-state index is 13.8. The van der Waals surface area contributed by atoms with Crippen LogP contribution in [0.4, 0.5) is 0 Å². The van der Waals surface area contributed by atoms with Crippen LogP contribution in [-0.4, -0.2) is 118 Å². The van der Waals surface area contributed by atoms with Crippen molar-refractivity contribution < 1.29 is 57.1 Å². The topological polar surface area (TPSA) is 234 Å². The quantitative estimate of drug-likeness (QED) is 0.0707. The molecule has 0 unspecified atom stereocenters. The number of phenols is 1. The Labute approximate surface area is 324 Å². The van der Waals surface area contributed by atoms with E-state index >= 15 is 0 Å². The molecule has 308 valence electrons. The molecule has 1 aromatic rings. The fraction of sp³-hybridized carbons (Fsp3) is 0.667. The molecule has 4 aliphatic rings. The van der Waals surface area contributed by atoms with Crippen molar-refractivity contribution in [3.8, 4) is 5.75 Å². The lowest BCUT2D eigenvalue weighted by atomic mass is 9.55. The smallest absolute Gasteiger partial charge is 0.397 e. The highest BCUT2D eigenvalue weighted by atomic mass is 32.3. The maximum Gasteiger partial charge on any atom is 0.397 e. The van der Waals surface area contributed by atoms with Gasteiger partial charge in [-0.3, -0.25) is 28.7 Å². The van der Waals surface area contributed by atoms with E-state index in [9.17, 15) is 48.3 Å². The van der Waals surface area contributed by atoms with Crippen LogP contribution in [0.1, 0.15) is 113 Å². The Balaban J connectivity index is 0.000000335. The number of amides is 1. The number of likely N-dealkylation sites (tertiary alicyclic amines) is 1. The Morgan fingerprint density at radius 1 is 0.964 bits per heavy atom. The standard InChI is InChI=1S/C27H33N3O8.C12H26O4S/c1-26(37)13-7-6-8-16(31)17(13)21(32)18-14(26)11-15-20(29(2)3)22(33)19(24(35)27(15,38)23(18)34)25(36)28-12-30-9-4-5-10-30;1-2-3-4-5-6-7-8-9-10-11-12-16-17(13,14)15/h6-8,14-15,20,31,33-34,37-38H,4-5,9-12H2,1-3H3,(H,28,36);2-12H2,1H3,(H,13,14,15)/t14-,15-,20-,26+,27-;/m0./s1. The second-order valence-corrected chi connectivity index (χ2v) is 16.6. The van der Waals surface area contributed by atoms with Gasteiger partial charge in [0.2, 0.25) is 5.78 Å². The van der Waals surface area contributed by atoms with E-state index in [0.717, 1.165) is 38.8 Å². The third-order valence-corrected chi connectivity index (χ3v) is 11.9. The van der Waals surface area contributed by atoms with Gasteiger partial charge in [-0.1, -0.05) is 76.8 Å². The van der Waals surface area contributed by atoms with Crippen molar-refractivity contribution in [2.24, 2.45) is 11.8 Å². The van der Waals surface area contributed by atoms with Gasteiger partial charge in [-0.15, -0.1) is 0 Å². The number of rotatable bonds is 16. The van der Waals surface area contributed by atoms with Gasteiger partial charge in [0.15, 0.2) is 11.4 Å². The van der Waals surface area contributed by atoms with E-state index in [-0.39, 0.29) is 30.8 Å². The summed E-state index contributed by atoms with van der Waals surface area (Å²) in [7, 11) is -1.06. The number of benzene rings is 1. The predicted molar refractivity (Wildman–Crippen MR) is 204 cm³/mol. The first-order valence-corrected chi connectivity index (χ1v) is 20.8. The van der Waals surface area contributed by atoms with Crippen molar-refractivity contribution in [1.29, 1.82) is 0 Å². The van der Waals surface area contributed by atoms with E-state index in [1.165, 1.54) is 75.0 Å². The van der Waals surface area contributed by atoms with Crippen molar-refractivity contribution in [3.05, 3.63) is 52.0 Å². The summed E-state index contributed by atoms with van der Waals surface area (Å²) in [6.07, 6.45) is 13.6. The van der Waals surface area contributed by atoms with Crippen LogP contribution in [0.3, 0.4) is 0 Å². The van der Waals surface area contributed by atoms with Crippen LogP contribution in [0.5, 0.6) is 5.75 Å². The number of hydrogen-bond acceptors (Lipinski definition) is 13. The molecule has 7 N–H and O–H groups in total. The van der Waals surface area contributed by atoms with Crippen LogP contribution in [0.2, 0.25) is 0 Å². The number of unbranched alkanes of at least 4 members (excludes halogenated alkanes) is 9. The number of fused-ring (bicyclic) bond motifs is 3. The molecule has 1 fully saturated rings. The molecule has 1 aliphatic heterocycles. The number of aliphatic hydroxyl groups excluding tert-OH is 2. The van der Waals surface area contributed by atoms with E-state index in [0.29, 0.717) is 6.42 Å². The molecule has 0 radical (unpaired) electrons. The molecular weight excluding hydrogens is 735 g/mol. The van der Waals surface area contributed by atoms with Gasteiger partial charge in [0.25, 0.3) is 5.91 Å².